The molecule has 98 valence electrons. The summed E-state index contributed by atoms with van der Waals surface area (Å²) in [5.41, 5.74) is 0. The Bertz CT molecular complexity index is 104. The normalized spacial score (nSPS) is 10.9. The first-order chi connectivity index (χ1) is 7.91. The highest BCUT2D eigenvalue weighted by atomic mass is 17.5. The molecular weight excluding hydrogens is 204 g/mol. The van der Waals surface area contributed by atoms with Gasteiger partial charge in [0.1, 0.15) is 0 Å². The Morgan fingerprint density at radius 2 is 1.19 bits per heavy atom. The summed E-state index contributed by atoms with van der Waals surface area (Å²) in [6, 6.07) is 0. The lowest BCUT2D eigenvalue weighted by Gasteiger charge is -2.02. The average Bonchev–Trinajstić information content (AvgIpc) is 2.31. The van der Waals surface area contributed by atoms with Crippen LogP contribution in [-0.4, -0.2) is 13.2 Å². The molecule has 0 amide bonds. The van der Waals surface area contributed by atoms with Crippen molar-refractivity contribution in [3.05, 3.63) is 0 Å². The molecule has 0 bridgehead atoms. The number of unbranched alkanes of at least 4 members (excludes halogenated alkanes) is 8. The van der Waals surface area contributed by atoms with E-state index in [1.54, 1.807) is 0 Å². The predicted octanol–water partition coefficient (Wildman–Crippen LogP) is 4.42. The molecule has 0 unspecified atom stereocenters. The third-order valence-electron chi connectivity index (χ3n) is 2.55. The van der Waals surface area contributed by atoms with Gasteiger partial charge in [0.25, 0.3) is 0 Å². The van der Waals surface area contributed by atoms with Crippen molar-refractivity contribution in [2.24, 2.45) is 0 Å². The van der Waals surface area contributed by atoms with Gasteiger partial charge in [-0.15, -0.1) is 0 Å². The molecule has 0 rings (SSSR count). The van der Waals surface area contributed by atoms with E-state index in [2.05, 4.69) is 16.8 Å². The molecule has 0 aliphatic carbocycles. The monoisotopic (exact) mass is 232 g/mol. The Hall–Kier alpha value is -0.120. The minimum Gasteiger partial charge on any atom is -0.206 e. The van der Waals surface area contributed by atoms with Crippen molar-refractivity contribution in [1.29, 1.82) is 0 Å². The molecule has 0 aromatic rings. The molecule has 0 aliphatic rings. The molecular formula is C13H28O3. The first-order valence-electron chi connectivity index (χ1n) is 6.82. The summed E-state index contributed by atoms with van der Waals surface area (Å²) in [7, 11) is 0. The summed E-state index contributed by atoms with van der Waals surface area (Å²) in [5.74, 6) is 0. The molecule has 3 heteroatoms. The van der Waals surface area contributed by atoms with Crippen LogP contribution in [0, 0.1) is 0 Å². The zero-order chi connectivity index (χ0) is 11.9. The molecule has 0 heterocycles. The fourth-order valence-electron chi connectivity index (χ4n) is 1.59. The molecule has 0 aromatic heterocycles. The van der Waals surface area contributed by atoms with Crippen molar-refractivity contribution >= 4 is 0 Å². The third-order valence-corrected chi connectivity index (χ3v) is 2.55. The van der Waals surface area contributed by atoms with Gasteiger partial charge < -0.3 is 0 Å². The lowest BCUT2D eigenvalue weighted by Crippen LogP contribution is -1.98. The summed E-state index contributed by atoms with van der Waals surface area (Å²) < 4.78 is 0. The SMILES string of the molecule is CCCCCCCCCCCOOOCC. The maximum atomic E-state index is 4.81. The zero-order valence-corrected chi connectivity index (χ0v) is 11.0. The van der Waals surface area contributed by atoms with Crippen LogP contribution >= 0.6 is 0 Å². The Kier molecular flexibility index (Phi) is 14.8. The van der Waals surface area contributed by atoms with Crippen LogP contribution < -0.4 is 0 Å². The molecule has 0 fully saturated rings. The summed E-state index contributed by atoms with van der Waals surface area (Å²) in [6.07, 6.45) is 11.9. The van der Waals surface area contributed by atoms with Crippen LogP contribution in [0.2, 0.25) is 0 Å². The van der Waals surface area contributed by atoms with E-state index in [-0.39, 0.29) is 0 Å². The molecule has 0 radical (unpaired) electrons. The van der Waals surface area contributed by atoms with Gasteiger partial charge in [-0.2, -0.15) is 0 Å². The van der Waals surface area contributed by atoms with Gasteiger partial charge in [0.05, 0.1) is 13.2 Å². The minimum atomic E-state index is 0.526. The minimum absolute atomic E-state index is 0.526. The quantitative estimate of drug-likeness (QED) is 0.267. The van der Waals surface area contributed by atoms with E-state index in [0.29, 0.717) is 13.2 Å². The molecule has 0 N–H and O–H groups in total. The Balaban J connectivity index is 2.83. The molecule has 16 heavy (non-hydrogen) atoms. The lowest BCUT2D eigenvalue weighted by atomic mass is 10.1. The standard InChI is InChI=1S/C13H28O3/c1-3-5-6-7-8-9-10-11-12-13-15-16-14-4-2/h3-13H2,1-2H3. The van der Waals surface area contributed by atoms with Gasteiger partial charge in [0, 0.05) is 0 Å². The van der Waals surface area contributed by atoms with Crippen LogP contribution in [0.1, 0.15) is 71.6 Å². The number of hydrogen-bond acceptors (Lipinski definition) is 3. The van der Waals surface area contributed by atoms with E-state index in [1.165, 1.54) is 51.4 Å². The second-order valence-electron chi connectivity index (χ2n) is 4.12. The van der Waals surface area contributed by atoms with Crippen LogP contribution in [0.25, 0.3) is 0 Å². The first-order valence-corrected chi connectivity index (χ1v) is 6.82. The first kappa shape index (κ1) is 15.9. The van der Waals surface area contributed by atoms with Gasteiger partial charge in [0.2, 0.25) is 0 Å². The summed E-state index contributed by atoms with van der Waals surface area (Å²) in [6.45, 7) is 5.28. The highest BCUT2D eigenvalue weighted by Gasteiger charge is 1.93. The smallest absolute Gasteiger partial charge is 0.0853 e. The molecule has 0 saturated heterocycles. The molecule has 0 aliphatic heterocycles. The van der Waals surface area contributed by atoms with Crippen LogP contribution in [0.4, 0.5) is 0 Å². The van der Waals surface area contributed by atoms with Crippen molar-refractivity contribution in [1.82, 2.24) is 0 Å². The van der Waals surface area contributed by atoms with Gasteiger partial charge >= 0.3 is 0 Å². The van der Waals surface area contributed by atoms with E-state index in [9.17, 15) is 0 Å². The maximum Gasteiger partial charge on any atom is 0.0853 e. The van der Waals surface area contributed by atoms with Gasteiger partial charge in [0.15, 0.2) is 0 Å². The maximum absolute atomic E-state index is 4.81. The van der Waals surface area contributed by atoms with E-state index in [1.807, 2.05) is 6.92 Å². The van der Waals surface area contributed by atoms with E-state index in [4.69, 9.17) is 4.89 Å². The van der Waals surface area contributed by atoms with E-state index in [0.717, 1.165) is 6.42 Å². The lowest BCUT2D eigenvalue weighted by molar-refractivity contribution is -0.511. The number of rotatable bonds is 13. The van der Waals surface area contributed by atoms with E-state index < -0.39 is 0 Å². The summed E-state index contributed by atoms with van der Waals surface area (Å²) in [5, 5.41) is 4.45. The third kappa shape index (κ3) is 13.9. The molecule has 3 nitrogen and oxygen atoms in total. The highest BCUT2D eigenvalue weighted by Crippen LogP contribution is 2.09. The fraction of sp³-hybridized carbons (Fsp3) is 1.00. The van der Waals surface area contributed by atoms with Crippen molar-refractivity contribution in [3.63, 3.8) is 0 Å². The van der Waals surface area contributed by atoms with Crippen LogP contribution in [0.5, 0.6) is 0 Å². The molecule has 0 aromatic carbocycles. The van der Waals surface area contributed by atoms with E-state index >= 15 is 0 Å². The van der Waals surface area contributed by atoms with Crippen molar-refractivity contribution < 1.29 is 14.8 Å². The Morgan fingerprint density at radius 1 is 0.625 bits per heavy atom. The fourth-order valence-corrected chi connectivity index (χ4v) is 1.59. The average molecular weight is 232 g/mol. The van der Waals surface area contributed by atoms with Crippen molar-refractivity contribution in [2.75, 3.05) is 13.2 Å². The molecule has 0 saturated carbocycles. The number of hydrogen-bond donors (Lipinski definition) is 0. The second kappa shape index (κ2) is 14.9. The second-order valence-corrected chi connectivity index (χ2v) is 4.12. The highest BCUT2D eigenvalue weighted by molar-refractivity contribution is 4.46. The van der Waals surface area contributed by atoms with Gasteiger partial charge in [-0.1, -0.05) is 63.3 Å². The van der Waals surface area contributed by atoms with Crippen LogP contribution in [-0.2, 0) is 14.8 Å². The van der Waals surface area contributed by atoms with Crippen LogP contribution in [0.15, 0.2) is 0 Å². The largest absolute Gasteiger partial charge is 0.206 e. The molecule has 0 spiro atoms. The Labute approximate surface area is 100 Å². The van der Waals surface area contributed by atoms with Gasteiger partial charge in [-0.05, 0) is 13.3 Å². The van der Waals surface area contributed by atoms with Crippen molar-refractivity contribution in [2.45, 2.75) is 71.6 Å². The predicted molar refractivity (Wildman–Crippen MR) is 65.9 cm³/mol. The summed E-state index contributed by atoms with van der Waals surface area (Å²) in [4.78, 5) is 9.41. The van der Waals surface area contributed by atoms with Crippen molar-refractivity contribution in [3.8, 4) is 0 Å². The molecule has 0 atom stereocenters. The topological polar surface area (TPSA) is 27.7 Å². The van der Waals surface area contributed by atoms with Gasteiger partial charge in [-0.3, -0.25) is 0 Å². The van der Waals surface area contributed by atoms with Gasteiger partial charge in [-0.25, -0.2) is 9.78 Å². The Morgan fingerprint density at radius 3 is 1.75 bits per heavy atom. The summed E-state index contributed by atoms with van der Waals surface area (Å²) >= 11 is 0. The zero-order valence-electron chi connectivity index (χ0n) is 11.0. The van der Waals surface area contributed by atoms with Crippen LogP contribution in [0.3, 0.4) is 0 Å².